The Morgan fingerprint density at radius 2 is 1.70 bits per heavy atom. The van der Waals surface area contributed by atoms with E-state index < -0.39 is 11.7 Å². The molecule has 33 heavy (non-hydrogen) atoms. The molecule has 12 heteroatoms. The number of pyridine rings is 1. The summed E-state index contributed by atoms with van der Waals surface area (Å²) in [7, 11) is 0. The topological polar surface area (TPSA) is 75.0 Å². The van der Waals surface area contributed by atoms with Crippen molar-refractivity contribution in [2.75, 3.05) is 31.9 Å². The smallest absolute Gasteiger partial charge is 0.384 e. The summed E-state index contributed by atoms with van der Waals surface area (Å²) in [6, 6.07) is 9.57. The number of nitrogens with one attached hydrogen (secondary N) is 3. The minimum Gasteiger partial charge on any atom is -0.384 e. The number of halogens is 7. The second kappa shape index (κ2) is 15.8. The van der Waals surface area contributed by atoms with E-state index >= 15 is 0 Å². The first kappa shape index (κ1) is 34.2. The van der Waals surface area contributed by atoms with Gasteiger partial charge < -0.3 is 21.7 Å². The van der Waals surface area contributed by atoms with Crippen molar-refractivity contribution < 1.29 is 13.2 Å². The predicted octanol–water partition coefficient (Wildman–Crippen LogP) is 4.19. The third-order valence-electron chi connectivity index (χ3n) is 5.17. The van der Waals surface area contributed by atoms with Gasteiger partial charge >= 0.3 is 6.18 Å². The highest BCUT2D eigenvalue weighted by atomic mass is 35.5. The number of nitrogens with two attached hydrogens (primary N) is 1. The highest BCUT2D eigenvalue weighted by Gasteiger charge is 2.30. The van der Waals surface area contributed by atoms with Crippen LogP contribution in [0.5, 0.6) is 0 Å². The minimum absolute atomic E-state index is 0. The maximum Gasteiger partial charge on any atom is 0.416 e. The largest absolute Gasteiger partial charge is 0.416 e. The Bertz CT molecular complexity index is 789. The Morgan fingerprint density at radius 3 is 2.30 bits per heavy atom. The number of benzene rings is 1. The lowest BCUT2D eigenvalue weighted by Crippen LogP contribution is -2.40. The van der Waals surface area contributed by atoms with E-state index in [1.165, 1.54) is 12.1 Å². The lowest BCUT2D eigenvalue weighted by atomic mass is 9.97. The minimum atomic E-state index is -4.29. The number of hydrogen-bond acceptors (Lipinski definition) is 5. The van der Waals surface area contributed by atoms with Crippen LogP contribution in [0.2, 0.25) is 0 Å². The van der Waals surface area contributed by atoms with Crippen LogP contribution in [0.15, 0.2) is 36.4 Å². The number of alkyl halides is 3. The van der Waals surface area contributed by atoms with E-state index in [-0.39, 0.29) is 49.6 Å². The molecule has 1 aromatic heterocycles. The first-order chi connectivity index (χ1) is 13.8. The number of nitrogen functional groups attached to an aromatic ring is 1. The van der Waals surface area contributed by atoms with Crippen molar-refractivity contribution in [3.05, 3.63) is 58.8 Å². The van der Waals surface area contributed by atoms with E-state index in [2.05, 4.69) is 27.0 Å². The van der Waals surface area contributed by atoms with Gasteiger partial charge in [0.15, 0.2) is 0 Å². The molecule has 0 radical (unpaired) electrons. The Hall–Kier alpha value is -1.000. The van der Waals surface area contributed by atoms with Crippen molar-refractivity contribution in [1.82, 2.24) is 20.9 Å². The van der Waals surface area contributed by atoms with E-state index in [9.17, 15) is 13.2 Å². The molecule has 0 spiro atoms. The van der Waals surface area contributed by atoms with Gasteiger partial charge in [-0.25, -0.2) is 4.98 Å². The van der Waals surface area contributed by atoms with Crippen molar-refractivity contribution in [1.29, 1.82) is 0 Å². The van der Waals surface area contributed by atoms with Crippen LogP contribution in [0, 0.1) is 12.8 Å². The zero-order valence-electron chi connectivity index (χ0n) is 18.2. The second-order valence-corrected chi connectivity index (χ2v) is 7.62. The molecule has 1 aliphatic heterocycles. The molecule has 5 nitrogen and oxygen atoms in total. The summed E-state index contributed by atoms with van der Waals surface area (Å²) in [4.78, 5) is 4.44. The summed E-state index contributed by atoms with van der Waals surface area (Å²) in [6.45, 7) is 5.93. The quantitative estimate of drug-likeness (QED) is 0.370. The van der Waals surface area contributed by atoms with E-state index in [0.29, 0.717) is 24.3 Å². The highest BCUT2D eigenvalue weighted by Crippen LogP contribution is 2.29. The molecule has 0 aliphatic carbocycles. The zero-order chi connectivity index (χ0) is 20.9. The van der Waals surface area contributed by atoms with Gasteiger partial charge in [-0.2, -0.15) is 13.2 Å². The lowest BCUT2D eigenvalue weighted by molar-refractivity contribution is -0.137. The summed E-state index contributed by atoms with van der Waals surface area (Å²) >= 11 is 0. The van der Waals surface area contributed by atoms with Crippen LogP contribution < -0.4 is 21.7 Å². The van der Waals surface area contributed by atoms with Crippen molar-refractivity contribution in [2.24, 2.45) is 5.92 Å². The molecule has 1 aliphatic rings. The van der Waals surface area contributed by atoms with Gasteiger partial charge in [0.25, 0.3) is 0 Å². The molecule has 0 amide bonds. The molecule has 2 atom stereocenters. The van der Waals surface area contributed by atoms with Gasteiger partial charge in [-0.15, -0.1) is 49.6 Å². The Labute approximate surface area is 217 Å². The summed E-state index contributed by atoms with van der Waals surface area (Å²) in [5.41, 5.74) is 8.21. The van der Waals surface area contributed by atoms with E-state index in [4.69, 9.17) is 5.73 Å². The summed E-state index contributed by atoms with van der Waals surface area (Å²) in [6.07, 6.45) is -3.42. The normalized spacial score (nSPS) is 17.2. The third-order valence-corrected chi connectivity index (χ3v) is 5.17. The van der Waals surface area contributed by atoms with E-state index in [1.807, 2.05) is 13.0 Å². The molecule has 2 aromatic rings. The average Bonchev–Trinajstić information content (AvgIpc) is 3.07. The molecule has 0 saturated carbocycles. The van der Waals surface area contributed by atoms with Gasteiger partial charge in [0, 0.05) is 37.9 Å². The molecule has 2 heterocycles. The monoisotopic (exact) mass is 551 g/mol. The first-order valence-corrected chi connectivity index (χ1v) is 9.85. The lowest BCUT2D eigenvalue weighted by Gasteiger charge is -2.20. The first-order valence-electron chi connectivity index (χ1n) is 9.85. The van der Waals surface area contributed by atoms with Gasteiger partial charge in [-0.3, -0.25) is 0 Å². The van der Waals surface area contributed by atoms with Gasteiger partial charge in [-0.05, 0) is 61.2 Å². The van der Waals surface area contributed by atoms with Crippen molar-refractivity contribution >= 4 is 55.4 Å². The zero-order valence-corrected chi connectivity index (χ0v) is 21.4. The Balaban J connectivity index is 0. The van der Waals surface area contributed by atoms with Gasteiger partial charge in [0.2, 0.25) is 0 Å². The summed E-state index contributed by atoms with van der Waals surface area (Å²) in [5, 5.41) is 10.3. The van der Waals surface area contributed by atoms with Crippen LogP contribution in [0.25, 0.3) is 0 Å². The van der Waals surface area contributed by atoms with Crippen molar-refractivity contribution in [2.45, 2.75) is 32.1 Å². The molecular formula is C21H32Cl4F3N5. The van der Waals surface area contributed by atoms with Crippen molar-refractivity contribution in [3.63, 3.8) is 0 Å². The van der Waals surface area contributed by atoms with E-state index in [0.717, 1.165) is 61.6 Å². The van der Waals surface area contributed by atoms with Crippen LogP contribution >= 0.6 is 49.6 Å². The maximum atomic E-state index is 12.6. The fraction of sp³-hybridized carbons (Fsp3) is 0.476. The summed E-state index contributed by atoms with van der Waals surface area (Å²) < 4.78 is 37.8. The van der Waals surface area contributed by atoms with Gasteiger partial charge in [0.1, 0.15) is 5.82 Å². The Kier molecular flexibility index (Phi) is 16.4. The average molecular weight is 553 g/mol. The summed E-state index contributed by atoms with van der Waals surface area (Å²) in [5.74, 6) is 1.00. The van der Waals surface area contributed by atoms with Crippen LogP contribution in [0.3, 0.4) is 0 Å². The number of rotatable bonds is 8. The SMILES string of the molecule is Cc1cc(N)nc(C[C@H]2CNC[C@H]2NCCNCc2ccc(C(F)(F)F)cc2)c1.Cl.Cl.Cl.Cl. The fourth-order valence-corrected chi connectivity index (χ4v) is 3.72. The van der Waals surface area contributed by atoms with Crippen LogP contribution in [-0.2, 0) is 19.1 Å². The van der Waals surface area contributed by atoms with Crippen LogP contribution in [-0.4, -0.2) is 37.2 Å². The molecule has 190 valence electrons. The number of nitrogens with zero attached hydrogens (tertiary/aromatic N) is 1. The molecule has 1 fully saturated rings. The highest BCUT2D eigenvalue weighted by molar-refractivity contribution is 5.86. The van der Waals surface area contributed by atoms with E-state index in [1.54, 1.807) is 0 Å². The molecule has 3 rings (SSSR count). The molecule has 1 saturated heterocycles. The number of anilines is 1. The van der Waals surface area contributed by atoms with Crippen molar-refractivity contribution in [3.8, 4) is 0 Å². The van der Waals surface area contributed by atoms with Crippen LogP contribution in [0.4, 0.5) is 19.0 Å². The Morgan fingerprint density at radius 1 is 1.03 bits per heavy atom. The standard InChI is InChI=1S/C21H28F3N5.4ClH/c1-14-8-18(29-20(25)9-14)10-16-12-27-13-19(16)28-7-6-26-11-15-2-4-17(5-3-15)21(22,23)24;;;;/h2-5,8-9,16,19,26-28H,6-7,10-13H2,1H3,(H2,25,29);4*1H/t16-,19+;;;;/m0..../s1. The fourth-order valence-electron chi connectivity index (χ4n) is 3.72. The molecule has 0 unspecified atom stereocenters. The second-order valence-electron chi connectivity index (χ2n) is 7.62. The van der Waals surface area contributed by atoms with Crippen LogP contribution in [0.1, 0.15) is 22.4 Å². The third kappa shape index (κ3) is 10.9. The number of hydrogen-bond donors (Lipinski definition) is 4. The number of aromatic nitrogens is 1. The predicted molar refractivity (Wildman–Crippen MR) is 137 cm³/mol. The van der Waals surface area contributed by atoms with Gasteiger partial charge in [-0.1, -0.05) is 12.1 Å². The molecule has 5 N–H and O–H groups in total. The molecule has 0 bridgehead atoms. The van der Waals surface area contributed by atoms with Gasteiger partial charge in [0.05, 0.1) is 5.56 Å². The number of aryl methyl sites for hydroxylation is 1. The molecule has 1 aromatic carbocycles. The maximum absolute atomic E-state index is 12.6. The molecular weight excluding hydrogens is 521 g/mol.